The van der Waals surface area contributed by atoms with Gasteiger partial charge < -0.3 is 14.5 Å². The van der Waals surface area contributed by atoms with Crippen LogP contribution in [-0.4, -0.2) is 5.54 Å². The summed E-state index contributed by atoms with van der Waals surface area (Å²) in [5, 5.41) is 3.34. The third-order valence-electron chi connectivity index (χ3n) is 2.90. The molecule has 3 nitrogen and oxygen atoms in total. The number of rotatable bonds is 5. The molecule has 2 rings (SSSR count). The predicted octanol–water partition coefficient (Wildman–Crippen LogP) is 4.02. The van der Waals surface area contributed by atoms with E-state index in [-0.39, 0.29) is 17.9 Å². The Morgan fingerprint density at radius 3 is 2.62 bits per heavy atom. The lowest BCUT2D eigenvalue weighted by Crippen LogP contribution is -2.35. The van der Waals surface area contributed by atoms with Crippen molar-refractivity contribution in [3.8, 4) is 5.75 Å². The van der Waals surface area contributed by atoms with E-state index in [1.54, 1.807) is 6.26 Å². The molecule has 1 aromatic heterocycles. The van der Waals surface area contributed by atoms with Crippen LogP contribution in [0, 0.1) is 11.6 Å². The average molecular weight is 295 g/mol. The lowest BCUT2D eigenvalue weighted by atomic mass is 10.1. The van der Waals surface area contributed by atoms with E-state index in [9.17, 15) is 8.78 Å². The van der Waals surface area contributed by atoms with Gasteiger partial charge in [-0.3, -0.25) is 0 Å². The highest BCUT2D eigenvalue weighted by Crippen LogP contribution is 2.20. The Morgan fingerprint density at radius 1 is 1.19 bits per heavy atom. The third-order valence-corrected chi connectivity index (χ3v) is 2.90. The lowest BCUT2D eigenvalue weighted by molar-refractivity contribution is 0.255. The molecular formula is C16H19F2NO2. The molecule has 0 atom stereocenters. The van der Waals surface area contributed by atoms with Crippen LogP contribution in [-0.2, 0) is 13.2 Å². The fourth-order valence-electron chi connectivity index (χ4n) is 1.75. The van der Waals surface area contributed by atoms with Crippen molar-refractivity contribution in [3.05, 3.63) is 53.5 Å². The van der Waals surface area contributed by atoms with Gasteiger partial charge in [0.1, 0.15) is 18.2 Å². The Kier molecular flexibility index (Phi) is 4.63. The van der Waals surface area contributed by atoms with E-state index in [1.807, 2.05) is 6.07 Å². The number of halogens is 2. The molecular weight excluding hydrogens is 276 g/mol. The van der Waals surface area contributed by atoms with Crippen LogP contribution in [0.4, 0.5) is 8.78 Å². The highest BCUT2D eigenvalue weighted by Gasteiger charge is 2.13. The van der Waals surface area contributed by atoms with E-state index >= 15 is 0 Å². The van der Waals surface area contributed by atoms with Crippen LogP contribution in [0.1, 0.15) is 32.1 Å². The van der Waals surface area contributed by atoms with Crippen LogP contribution in [0.25, 0.3) is 0 Å². The molecule has 0 unspecified atom stereocenters. The number of nitrogens with one attached hydrogen (secondary N) is 1. The Labute approximate surface area is 122 Å². The molecule has 114 valence electrons. The largest absolute Gasteiger partial charge is 0.483 e. The molecule has 0 bridgehead atoms. The van der Waals surface area contributed by atoms with Gasteiger partial charge in [0.25, 0.3) is 0 Å². The lowest BCUT2D eigenvalue weighted by Gasteiger charge is -2.20. The van der Waals surface area contributed by atoms with Crippen LogP contribution in [0.5, 0.6) is 5.75 Å². The zero-order valence-electron chi connectivity index (χ0n) is 12.4. The number of furan rings is 1. The molecule has 0 spiro atoms. The second-order valence-corrected chi connectivity index (χ2v) is 5.84. The molecule has 0 aliphatic carbocycles. The highest BCUT2D eigenvalue weighted by molar-refractivity contribution is 5.25. The summed E-state index contributed by atoms with van der Waals surface area (Å²) in [5.41, 5.74) is 0.936. The maximum absolute atomic E-state index is 13.5. The van der Waals surface area contributed by atoms with Gasteiger partial charge in [0, 0.05) is 23.7 Å². The molecule has 0 fully saturated rings. The second kappa shape index (κ2) is 6.26. The zero-order valence-corrected chi connectivity index (χ0v) is 12.4. The van der Waals surface area contributed by atoms with Crippen molar-refractivity contribution in [2.24, 2.45) is 0 Å². The van der Waals surface area contributed by atoms with E-state index in [0.717, 1.165) is 17.7 Å². The smallest absolute Gasteiger partial charge is 0.167 e. The maximum atomic E-state index is 13.5. The van der Waals surface area contributed by atoms with Gasteiger partial charge in [0.05, 0.1) is 6.26 Å². The molecule has 1 N–H and O–H groups in total. The Morgan fingerprint density at radius 2 is 1.95 bits per heavy atom. The quantitative estimate of drug-likeness (QED) is 0.904. The number of hydrogen-bond donors (Lipinski definition) is 1. The number of benzene rings is 1. The molecule has 21 heavy (non-hydrogen) atoms. The molecule has 0 saturated carbocycles. The fraction of sp³-hybridized carbons (Fsp3) is 0.375. The number of ether oxygens (including phenoxy) is 1. The van der Waals surface area contributed by atoms with Crippen molar-refractivity contribution in [3.63, 3.8) is 0 Å². The van der Waals surface area contributed by atoms with Crippen molar-refractivity contribution in [2.75, 3.05) is 0 Å². The monoisotopic (exact) mass is 295 g/mol. The van der Waals surface area contributed by atoms with Crippen LogP contribution in [0.2, 0.25) is 0 Å². The van der Waals surface area contributed by atoms with E-state index in [2.05, 4.69) is 26.1 Å². The predicted molar refractivity (Wildman–Crippen MR) is 76.0 cm³/mol. The van der Waals surface area contributed by atoms with Crippen LogP contribution in [0.3, 0.4) is 0 Å². The van der Waals surface area contributed by atoms with E-state index in [1.165, 1.54) is 6.07 Å². The first-order chi connectivity index (χ1) is 9.85. The van der Waals surface area contributed by atoms with Crippen molar-refractivity contribution < 1.29 is 17.9 Å². The zero-order chi connectivity index (χ0) is 15.5. The maximum Gasteiger partial charge on any atom is 0.167 e. The molecule has 0 saturated heterocycles. The standard InChI is InChI=1S/C16H19F2NO2/c1-16(2,3)19-9-11-6-7-20-15(11)10-21-14-5-4-12(17)8-13(14)18/h4-8,19H,9-10H2,1-3H3. The Bertz CT molecular complexity index is 603. The molecule has 1 heterocycles. The van der Waals surface area contributed by atoms with Crippen molar-refractivity contribution in [1.82, 2.24) is 5.32 Å². The minimum atomic E-state index is -0.726. The minimum absolute atomic E-state index is 0.00234. The summed E-state index contributed by atoms with van der Waals surface area (Å²) < 4.78 is 37.0. The van der Waals surface area contributed by atoms with Gasteiger partial charge >= 0.3 is 0 Å². The first-order valence-electron chi connectivity index (χ1n) is 6.73. The SMILES string of the molecule is CC(C)(C)NCc1ccoc1COc1ccc(F)cc1F. The van der Waals surface area contributed by atoms with Gasteiger partial charge in [0.2, 0.25) is 0 Å². The first-order valence-corrected chi connectivity index (χ1v) is 6.73. The van der Waals surface area contributed by atoms with Gasteiger partial charge in [-0.05, 0) is 39.0 Å². The van der Waals surface area contributed by atoms with Crippen LogP contribution in [0.15, 0.2) is 34.9 Å². The highest BCUT2D eigenvalue weighted by atomic mass is 19.1. The van der Waals surface area contributed by atoms with E-state index in [4.69, 9.17) is 9.15 Å². The topological polar surface area (TPSA) is 34.4 Å². The van der Waals surface area contributed by atoms with Crippen molar-refractivity contribution in [1.29, 1.82) is 0 Å². The summed E-state index contributed by atoms with van der Waals surface area (Å²) in [6, 6.07) is 5.06. The molecule has 0 amide bonds. The van der Waals surface area contributed by atoms with Crippen LogP contribution < -0.4 is 10.1 Å². The summed E-state index contributed by atoms with van der Waals surface area (Å²) in [5.74, 6) is -0.734. The van der Waals surface area contributed by atoms with Crippen LogP contribution >= 0.6 is 0 Å². The van der Waals surface area contributed by atoms with Crippen molar-refractivity contribution in [2.45, 2.75) is 39.5 Å². The minimum Gasteiger partial charge on any atom is -0.483 e. The molecule has 0 aliphatic rings. The van der Waals surface area contributed by atoms with Gasteiger partial charge in [0.15, 0.2) is 11.6 Å². The summed E-state index contributed by atoms with van der Waals surface area (Å²) in [6.07, 6.45) is 1.57. The second-order valence-electron chi connectivity index (χ2n) is 5.84. The average Bonchev–Trinajstić information content (AvgIpc) is 2.82. The Hall–Kier alpha value is -1.88. The van der Waals surface area contributed by atoms with Crippen molar-refractivity contribution >= 4 is 0 Å². The Balaban J connectivity index is 1.99. The fourth-order valence-corrected chi connectivity index (χ4v) is 1.75. The van der Waals surface area contributed by atoms with E-state index < -0.39 is 11.6 Å². The third kappa shape index (κ3) is 4.56. The normalized spacial score (nSPS) is 11.7. The summed E-state index contributed by atoms with van der Waals surface area (Å²) in [4.78, 5) is 0. The molecule has 0 radical (unpaired) electrons. The first kappa shape index (κ1) is 15.5. The van der Waals surface area contributed by atoms with Gasteiger partial charge in [-0.25, -0.2) is 8.78 Å². The summed E-state index contributed by atoms with van der Waals surface area (Å²) in [6.45, 7) is 6.92. The summed E-state index contributed by atoms with van der Waals surface area (Å²) in [7, 11) is 0. The molecule has 1 aromatic carbocycles. The van der Waals surface area contributed by atoms with Gasteiger partial charge in [-0.1, -0.05) is 0 Å². The number of hydrogen-bond acceptors (Lipinski definition) is 3. The summed E-state index contributed by atoms with van der Waals surface area (Å²) >= 11 is 0. The molecule has 0 aliphatic heterocycles. The molecule has 5 heteroatoms. The van der Waals surface area contributed by atoms with Gasteiger partial charge in [-0.2, -0.15) is 0 Å². The molecule has 2 aromatic rings. The van der Waals surface area contributed by atoms with E-state index in [0.29, 0.717) is 12.3 Å². The van der Waals surface area contributed by atoms with Gasteiger partial charge in [-0.15, -0.1) is 0 Å².